The maximum atomic E-state index is 13.6. The SMILES string of the molecule is Fc1cccc(NC2CCc3c(F)cccc32)c1. The Morgan fingerprint density at radius 1 is 1.06 bits per heavy atom. The molecule has 18 heavy (non-hydrogen) atoms. The number of rotatable bonds is 2. The highest BCUT2D eigenvalue weighted by Gasteiger charge is 2.24. The van der Waals surface area contributed by atoms with Gasteiger partial charge < -0.3 is 5.32 Å². The summed E-state index contributed by atoms with van der Waals surface area (Å²) in [4.78, 5) is 0. The van der Waals surface area contributed by atoms with E-state index in [0.717, 1.165) is 29.7 Å². The molecule has 1 atom stereocenters. The van der Waals surface area contributed by atoms with Crippen LogP contribution in [0, 0.1) is 11.6 Å². The highest BCUT2D eigenvalue weighted by Crippen LogP contribution is 2.35. The van der Waals surface area contributed by atoms with E-state index in [1.807, 2.05) is 12.1 Å². The molecule has 0 aromatic heterocycles. The van der Waals surface area contributed by atoms with Crippen LogP contribution in [-0.4, -0.2) is 0 Å². The van der Waals surface area contributed by atoms with E-state index in [-0.39, 0.29) is 17.7 Å². The van der Waals surface area contributed by atoms with Crippen LogP contribution in [0.2, 0.25) is 0 Å². The fourth-order valence-electron chi connectivity index (χ4n) is 2.54. The van der Waals surface area contributed by atoms with Crippen molar-refractivity contribution in [1.29, 1.82) is 0 Å². The highest BCUT2D eigenvalue weighted by molar-refractivity contribution is 5.48. The predicted octanol–water partition coefficient (Wildman–Crippen LogP) is 4.06. The first kappa shape index (κ1) is 11.2. The Morgan fingerprint density at radius 3 is 2.72 bits per heavy atom. The van der Waals surface area contributed by atoms with E-state index in [1.165, 1.54) is 18.2 Å². The van der Waals surface area contributed by atoms with Crippen molar-refractivity contribution >= 4 is 5.69 Å². The second-order valence-corrected chi connectivity index (χ2v) is 4.55. The van der Waals surface area contributed by atoms with Gasteiger partial charge in [-0.25, -0.2) is 8.78 Å². The van der Waals surface area contributed by atoms with Gasteiger partial charge in [-0.05, 0) is 48.2 Å². The second kappa shape index (κ2) is 4.41. The van der Waals surface area contributed by atoms with Gasteiger partial charge in [0.25, 0.3) is 0 Å². The van der Waals surface area contributed by atoms with Crippen molar-refractivity contribution < 1.29 is 8.78 Å². The molecule has 2 aromatic rings. The molecular weight excluding hydrogens is 232 g/mol. The topological polar surface area (TPSA) is 12.0 Å². The molecule has 0 aliphatic heterocycles. The van der Waals surface area contributed by atoms with Crippen LogP contribution >= 0.6 is 0 Å². The van der Waals surface area contributed by atoms with Gasteiger partial charge in [0.2, 0.25) is 0 Å². The summed E-state index contributed by atoms with van der Waals surface area (Å²) in [7, 11) is 0. The zero-order valence-electron chi connectivity index (χ0n) is 9.79. The summed E-state index contributed by atoms with van der Waals surface area (Å²) in [5.74, 6) is -0.409. The molecule has 1 aliphatic rings. The maximum Gasteiger partial charge on any atom is 0.126 e. The van der Waals surface area contributed by atoms with Gasteiger partial charge in [0, 0.05) is 5.69 Å². The molecule has 0 saturated heterocycles. The van der Waals surface area contributed by atoms with E-state index in [4.69, 9.17) is 0 Å². The number of hydrogen-bond donors (Lipinski definition) is 1. The molecule has 0 heterocycles. The van der Waals surface area contributed by atoms with Crippen molar-refractivity contribution in [1.82, 2.24) is 0 Å². The molecule has 92 valence electrons. The van der Waals surface area contributed by atoms with Gasteiger partial charge in [0.05, 0.1) is 6.04 Å². The normalized spacial score (nSPS) is 17.6. The van der Waals surface area contributed by atoms with Gasteiger partial charge in [0.15, 0.2) is 0 Å². The van der Waals surface area contributed by atoms with Gasteiger partial charge in [-0.1, -0.05) is 18.2 Å². The van der Waals surface area contributed by atoms with Crippen LogP contribution in [0.3, 0.4) is 0 Å². The van der Waals surface area contributed by atoms with Crippen LogP contribution in [0.25, 0.3) is 0 Å². The number of hydrogen-bond acceptors (Lipinski definition) is 1. The second-order valence-electron chi connectivity index (χ2n) is 4.55. The van der Waals surface area contributed by atoms with E-state index in [2.05, 4.69) is 5.32 Å². The Labute approximate surface area is 104 Å². The number of halogens is 2. The van der Waals surface area contributed by atoms with E-state index in [9.17, 15) is 8.78 Å². The first-order valence-electron chi connectivity index (χ1n) is 6.03. The van der Waals surface area contributed by atoms with E-state index in [1.54, 1.807) is 12.1 Å². The van der Waals surface area contributed by atoms with Gasteiger partial charge in [-0.2, -0.15) is 0 Å². The quantitative estimate of drug-likeness (QED) is 0.841. The van der Waals surface area contributed by atoms with E-state index in [0.29, 0.717) is 0 Å². The number of fused-ring (bicyclic) bond motifs is 1. The van der Waals surface area contributed by atoms with E-state index < -0.39 is 0 Å². The van der Waals surface area contributed by atoms with Crippen molar-refractivity contribution in [2.45, 2.75) is 18.9 Å². The Hall–Kier alpha value is -1.90. The average molecular weight is 245 g/mol. The lowest BCUT2D eigenvalue weighted by Gasteiger charge is -2.15. The summed E-state index contributed by atoms with van der Waals surface area (Å²) in [6.07, 6.45) is 1.57. The van der Waals surface area contributed by atoms with Crippen molar-refractivity contribution in [2.24, 2.45) is 0 Å². The molecule has 0 spiro atoms. The summed E-state index contributed by atoms with van der Waals surface area (Å²) >= 11 is 0. The van der Waals surface area contributed by atoms with Crippen LogP contribution in [0.5, 0.6) is 0 Å². The zero-order chi connectivity index (χ0) is 12.5. The third-order valence-corrected chi connectivity index (χ3v) is 3.38. The van der Waals surface area contributed by atoms with Gasteiger partial charge in [0.1, 0.15) is 11.6 Å². The smallest absolute Gasteiger partial charge is 0.126 e. The minimum atomic E-state index is -0.266. The third kappa shape index (κ3) is 1.96. The number of nitrogens with one attached hydrogen (secondary N) is 1. The molecule has 0 saturated carbocycles. The van der Waals surface area contributed by atoms with Crippen molar-refractivity contribution in [2.75, 3.05) is 5.32 Å². The lowest BCUT2D eigenvalue weighted by Crippen LogP contribution is -2.07. The summed E-state index contributed by atoms with van der Waals surface area (Å²) in [6, 6.07) is 11.6. The van der Waals surface area contributed by atoms with Crippen molar-refractivity contribution in [3.63, 3.8) is 0 Å². The number of benzene rings is 2. The van der Waals surface area contributed by atoms with Gasteiger partial charge in [-0.15, -0.1) is 0 Å². The molecule has 1 aliphatic carbocycles. The minimum absolute atomic E-state index is 0.0671. The standard InChI is InChI=1S/C15H13F2N/c16-10-3-1-4-11(9-10)18-15-8-7-12-13(15)5-2-6-14(12)17/h1-6,9,15,18H,7-8H2. The third-order valence-electron chi connectivity index (χ3n) is 3.38. The molecular formula is C15H13F2N. The fourth-order valence-corrected chi connectivity index (χ4v) is 2.54. The summed E-state index contributed by atoms with van der Waals surface area (Å²) < 4.78 is 26.7. The van der Waals surface area contributed by atoms with Crippen LogP contribution in [-0.2, 0) is 6.42 Å². The first-order valence-corrected chi connectivity index (χ1v) is 6.03. The van der Waals surface area contributed by atoms with Crippen molar-refractivity contribution in [3.8, 4) is 0 Å². The molecule has 3 heteroatoms. The average Bonchev–Trinajstić information content (AvgIpc) is 2.74. The maximum absolute atomic E-state index is 13.6. The predicted molar refractivity (Wildman–Crippen MR) is 67.5 cm³/mol. The van der Waals surface area contributed by atoms with Crippen LogP contribution in [0.4, 0.5) is 14.5 Å². The fraction of sp³-hybridized carbons (Fsp3) is 0.200. The van der Waals surface area contributed by atoms with Crippen LogP contribution < -0.4 is 5.32 Å². The first-order chi connectivity index (χ1) is 8.74. The molecule has 1 nitrogen and oxygen atoms in total. The molecule has 0 amide bonds. The van der Waals surface area contributed by atoms with Crippen LogP contribution in [0.1, 0.15) is 23.6 Å². The highest BCUT2D eigenvalue weighted by atomic mass is 19.1. The Kier molecular flexibility index (Phi) is 2.74. The minimum Gasteiger partial charge on any atom is -0.378 e. The molecule has 0 radical (unpaired) electrons. The lowest BCUT2D eigenvalue weighted by atomic mass is 10.1. The lowest BCUT2D eigenvalue weighted by molar-refractivity contribution is 0.612. The molecule has 1 unspecified atom stereocenters. The van der Waals surface area contributed by atoms with E-state index >= 15 is 0 Å². The Balaban J connectivity index is 1.87. The summed E-state index contributed by atoms with van der Waals surface area (Å²) in [5.41, 5.74) is 2.50. The Bertz CT molecular complexity index is 580. The molecule has 3 rings (SSSR count). The molecule has 2 aromatic carbocycles. The molecule has 1 N–H and O–H groups in total. The number of anilines is 1. The van der Waals surface area contributed by atoms with Gasteiger partial charge in [-0.3, -0.25) is 0 Å². The molecule has 0 bridgehead atoms. The zero-order valence-corrected chi connectivity index (χ0v) is 9.79. The largest absolute Gasteiger partial charge is 0.378 e. The van der Waals surface area contributed by atoms with Crippen LogP contribution in [0.15, 0.2) is 42.5 Å². The summed E-state index contributed by atoms with van der Waals surface area (Å²) in [6.45, 7) is 0. The van der Waals surface area contributed by atoms with Crippen molar-refractivity contribution in [3.05, 3.63) is 65.2 Å². The van der Waals surface area contributed by atoms with Gasteiger partial charge >= 0.3 is 0 Å². The molecule has 0 fully saturated rings. The monoisotopic (exact) mass is 245 g/mol. The Morgan fingerprint density at radius 2 is 1.89 bits per heavy atom. The summed E-state index contributed by atoms with van der Waals surface area (Å²) in [5, 5.41) is 3.26.